The molecule has 0 fully saturated rings. The number of rotatable bonds is 6. The summed E-state index contributed by atoms with van der Waals surface area (Å²) in [6.07, 6.45) is 0.158. The molecule has 0 bridgehead atoms. The second-order valence-electron chi connectivity index (χ2n) is 3.66. The van der Waals surface area contributed by atoms with Gasteiger partial charge in [0.15, 0.2) is 0 Å². The van der Waals surface area contributed by atoms with E-state index in [1.807, 2.05) is 0 Å². The molecule has 0 radical (unpaired) electrons. The van der Waals surface area contributed by atoms with Crippen LogP contribution in [0, 0.1) is 0 Å². The van der Waals surface area contributed by atoms with Crippen molar-refractivity contribution in [2.24, 2.45) is 0 Å². The van der Waals surface area contributed by atoms with Gasteiger partial charge >= 0.3 is 5.97 Å². The lowest BCUT2D eigenvalue weighted by molar-refractivity contribution is -0.139. The molecule has 18 heavy (non-hydrogen) atoms. The molecule has 0 heterocycles. The molecule has 6 heteroatoms. The van der Waals surface area contributed by atoms with Gasteiger partial charge in [-0.05, 0) is 12.1 Å². The van der Waals surface area contributed by atoms with Crippen LogP contribution < -0.4 is 5.32 Å². The predicted molar refractivity (Wildman–Crippen MR) is 63.5 cm³/mol. The van der Waals surface area contributed by atoms with E-state index in [0.29, 0.717) is 0 Å². The molecule has 0 aliphatic heterocycles. The first-order chi connectivity index (χ1) is 8.56. The standard InChI is InChI=1S/C12H15NO5/c1-18-7-6-9(12(16)17)13-11(15)8-4-2-3-5-10(8)14/h2-5,9,14H,6-7H2,1H3,(H,13,15)(H,16,17). The summed E-state index contributed by atoms with van der Waals surface area (Å²) in [5.74, 6) is -1.96. The fourth-order valence-electron chi connectivity index (χ4n) is 1.39. The Hall–Kier alpha value is -2.08. The minimum atomic E-state index is -1.14. The van der Waals surface area contributed by atoms with E-state index in [2.05, 4.69) is 5.32 Å². The van der Waals surface area contributed by atoms with Gasteiger partial charge in [-0.2, -0.15) is 0 Å². The van der Waals surface area contributed by atoms with Crippen LogP contribution in [0.2, 0.25) is 0 Å². The van der Waals surface area contributed by atoms with Gasteiger partial charge in [0.05, 0.1) is 5.56 Å². The number of methoxy groups -OCH3 is 1. The number of para-hydroxylation sites is 1. The third-order valence-electron chi connectivity index (χ3n) is 2.36. The molecule has 0 saturated heterocycles. The average Bonchev–Trinajstić information content (AvgIpc) is 2.34. The van der Waals surface area contributed by atoms with Gasteiger partial charge in [0.25, 0.3) is 5.91 Å². The first-order valence-electron chi connectivity index (χ1n) is 5.37. The maximum absolute atomic E-state index is 11.8. The molecule has 6 nitrogen and oxygen atoms in total. The van der Waals surface area contributed by atoms with E-state index in [1.54, 1.807) is 12.1 Å². The predicted octanol–water partition coefficient (Wildman–Crippen LogP) is 0.612. The van der Waals surface area contributed by atoms with E-state index in [0.717, 1.165) is 0 Å². The van der Waals surface area contributed by atoms with Crippen molar-refractivity contribution < 1.29 is 24.5 Å². The van der Waals surface area contributed by atoms with Crippen LogP contribution in [0.4, 0.5) is 0 Å². The third kappa shape index (κ3) is 3.74. The summed E-state index contributed by atoms with van der Waals surface area (Å²) in [5, 5.41) is 20.7. The number of aliphatic carboxylic acids is 1. The number of amides is 1. The first kappa shape index (κ1) is 14.0. The Morgan fingerprint density at radius 2 is 2.06 bits per heavy atom. The highest BCUT2D eigenvalue weighted by molar-refractivity contribution is 5.98. The lowest BCUT2D eigenvalue weighted by Crippen LogP contribution is -2.41. The van der Waals surface area contributed by atoms with Gasteiger partial charge < -0.3 is 20.3 Å². The maximum atomic E-state index is 11.8. The van der Waals surface area contributed by atoms with Crippen molar-refractivity contribution in [3.8, 4) is 5.75 Å². The third-order valence-corrected chi connectivity index (χ3v) is 2.36. The quantitative estimate of drug-likeness (QED) is 0.690. The zero-order chi connectivity index (χ0) is 13.5. The molecule has 1 aromatic carbocycles. The molecule has 1 amide bonds. The zero-order valence-electron chi connectivity index (χ0n) is 9.92. The molecule has 1 rings (SSSR count). The first-order valence-corrected chi connectivity index (χ1v) is 5.37. The average molecular weight is 253 g/mol. The number of phenolic OH excluding ortho intramolecular Hbond substituents is 1. The van der Waals surface area contributed by atoms with Gasteiger partial charge in [-0.1, -0.05) is 12.1 Å². The van der Waals surface area contributed by atoms with E-state index in [1.165, 1.54) is 19.2 Å². The normalized spacial score (nSPS) is 11.8. The van der Waals surface area contributed by atoms with Gasteiger partial charge in [0, 0.05) is 20.1 Å². The Balaban J connectivity index is 2.72. The monoisotopic (exact) mass is 253 g/mol. The minimum Gasteiger partial charge on any atom is -0.507 e. The number of carboxylic acid groups (broad SMARTS) is 1. The summed E-state index contributed by atoms with van der Waals surface area (Å²) >= 11 is 0. The highest BCUT2D eigenvalue weighted by Gasteiger charge is 2.21. The number of carbonyl (C=O) groups excluding carboxylic acids is 1. The van der Waals surface area contributed by atoms with E-state index in [4.69, 9.17) is 9.84 Å². The number of benzene rings is 1. The summed E-state index contributed by atoms with van der Waals surface area (Å²) < 4.78 is 4.77. The number of aromatic hydroxyl groups is 1. The highest BCUT2D eigenvalue weighted by Crippen LogP contribution is 2.15. The van der Waals surface area contributed by atoms with Crippen molar-refractivity contribution in [2.75, 3.05) is 13.7 Å². The summed E-state index contributed by atoms with van der Waals surface area (Å²) in [6, 6.07) is 4.89. The fraction of sp³-hybridized carbons (Fsp3) is 0.333. The van der Waals surface area contributed by atoms with Gasteiger partial charge in [0.1, 0.15) is 11.8 Å². The van der Waals surface area contributed by atoms with Crippen molar-refractivity contribution in [3.63, 3.8) is 0 Å². The molecule has 0 aliphatic rings. The highest BCUT2D eigenvalue weighted by atomic mass is 16.5. The largest absolute Gasteiger partial charge is 0.507 e. The number of hydrogen-bond donors (Lipinski definition) is 3. The van der Waals surface area contributed by atoms with Crippen LogP contribution in [0.15, 0.2) is 24.3 Å². The molecule has 0 saturated carbocycles. The number of carboxylic acids is 1. The Morgan fingerprint density at radius 3 is 2.61 bits per heavy atom. The molecule has 0 aliphatic carbocycles. The van der Waals surface area contributed by atoms with Crippen molar-refractivity contribution >= 4 is 11.9 Å². The Bertz CT molecular complexity index is 432. The van der Waals surface area contributed by atoms with Crippen LogP contribution in [0.25, 0.3) is 0 Å². The number of carbonyl (C=O) groups is 2. The fourth-order valence-corrected chi connectivity index (χ4v) is 1.39. The number of ether oxygens (including phenoxy) is 1. The van der Waals surface area contributed by atoms with E-state index < -0.39 is 17.9 Å². The van der Waals surface area contributed by atoms with Gasteiger partial charge in [-0.3, -0.25) is 4.79 Å². The number of nitrogens with one attached hydrogen (secondary N) is 1. The summed E-state index contributed by atoms with van der Waals surface area (Å²) in [5.41, 5.74) is 0.0427. The van der Waals surface area contributed by atoms with Crippen LogP contribution in [0.3, 0.4) is 0 Å². The zero-order valence-corrected chi connectivity index (χ0v) is 9.92. The van der Waals surface area contributed by atoms with Crippen LogP contribution in [-0.4, -0.2) is 41.8 Å². The van der Waals surface area contributed by atoms with Crippen molar-refractivity contribution in [3.05, 3.63) is 29.8 Å². The Morgan fingerprint density at radius 1 is 1.39 bits per heavy atom. The van der Waals surface area contributed by atoms with Crippen LogP contribution in [0.5, 0.6) is 5.75 Å². The lowest BCUT2D eigenvalue weighted by atomic mass is 10.1. The smallest absolute Gasteiger partial charge is 0.326 e. The van der Waals surface area contributed by atoms with E-state index in [9.17, 15) is 14.7 Å². The van der Waals surface area contributed by atoms with Gasteiger partial charge in [-0.25, -0.2) is 4.79 Å². The van der Waals surface area contributed by atoms with Crippen molar-refractivity contribution in [1.82, 2.24) is 5.32 Å². The Kier molecular flexibility index (Phi) is 5.13. The summed E-state index contributed by atoms with van der Waals surface area (Å²) in [6.45, 7) is 0.220. The summed E-state index contributed by atoms with van der Waals surface area (Å²) in [7, 11) is 1.45. The second kappa shape index (κ2) is 6.61. The van der Waals surface area contributed by atoms with Gasteiger partial charge in [-0.15, -0.1) is 0 Å². The van der Waals surface area contributed by atoms with E-state index in [-0.39, 0.29) is 24.3 Å². The molecule has 0 spiro atoms. The summed E-state index contributed by atoms with van der Waals surface area (Å²) in [4.78, 5) is 22.7. The number of phenols is 1. The molecule has 0 aromatic heterocycles. The second-order valence-corrected chi connectivity index (χ2v) is 3.66. The lowest BCUT2D eigenvalue weighted by Gasteiger charge is -2.14. The maximum Gasteiger partial charge on any atom is 0.326 e. The van der Waals surface area contributed by atoms with Crippen LogP contribution in [-0.2, 0) is 9.53 Å². The van der Waals surface area contributed by atoms with Crippen molar-refractivity contribution in [1.29, 1.82) is 0 Å². The minimum absolute atomic E-state index is 0.0427. The number of hydrogen-bond acceptors (Lipinski definition) is 4. The molecular weight excluding hydrogens is 238 g/mol. The van der Waals surface area contributed by atoms with Crippen molar-refractivity contribution in [2.45, 2.75) is 12.5 Å². The van der Waals surface area contributed by atoms with Crippen LogP contribution in [0.1, 0.15) is 16.8 Å². The topological polar surface area (TPSA) is 95.9 Å². The molecule has 98 valence electrons. The molecule has 1 aromatic rings. The molecule has 3 N–H and O–H groups in total. The van der Waals surface area contributed by atoms with E-state index >= 15 is 0 Å². The van der Waals surface area contributed by atoms with Crippen LogP contribution >= 0.6 is 0 Å². The SMILES string of the molecule is COCCC(NC(=O)c1ccccc1O)C(=O)O. The molecule has 1 atom stereocenters. The van der Waals surface area contributed by atoms with Gasteiger partial charge in [0.2, 0.25) is 0 Å². The molecule has 1 unspecified atom stereocenters. The molecular formula is C12H15NO5. The Labute approximate surface area is 104 Å².